The van der Waals surface area contributed by atoms with Crippen LogP contribution >= 0.6 is 0 Å². The van der Waals surface area contributed by atoms with E-state index < -0.39 is 0 Å². The Kier molecular flexibility index (Phi) is 6.46. The lowest BCUT2D eigenvalue weighted by atomic mass is 10.2. The lowest BCUT2D eigenvalue weighted by Crippen LogP contribution is -2.32. The summed E-state index contributed by atoms with van der Waals surface area (Å²) in [6.45, 7) is 7.19. The molecule has 1 rings (SSSR count). The van der Waals surface area contributed by atoms with Crippen LogP contribution < -0.4 is 5.32 Å². The second-order valence-corrected chi connectivity index (χ2v) is 5.01. The Hall–Kier alpha value is -0.570. The molecule has 0 atom stereocenters. The number of carbonyl (C=O) groups is 1. The maximum atomic E-state index is 11.9. The van der Waals surface area contributed by atoms with E-state index >= 15 is 0 Å². The Morgan fingerprint density at radius 2 is 1.81 bits per heavy atom. The van der Waals surface area contributed by atoms with Gasteiger partial charge in [-0.3, -0.25) is 4.79 Å². The highest BCUT2D eigenvalue weighted by Gasteiger charge is 2.14. The van der Waals surface area contributed by atoms with E-state index in [2.05, 4.69) is 24.1 Å². The van der Waals surface area contributed by atoms with Crippen LogP contribution in [0.3, 0.4) is 0 Å². The third-order valence-electron chi connectivity index (χ3n) is 3.08. The molecular weight excluding hydrogens is 200 g/mol. The molecule has 0 aliphatic carbocycles. The summed E-state index contributed by atoms with van der Waals surface area (Å²) in [6.07, 6.45) is 6.64. The SMILES string of the molecule is CC(C)NCCCC(=O)N1CCCCCC1. The zero-order valence-corrected chi connectivity index (χ0v) is 10.8. The van der Waals surface area contributed by atoms with Gasteiger partial charge in [-0.2, -0.15) is 0 Å². The van der Waals surface area contributed by atoms with E-state index in [-0.39, 0.29) is 0 Å². The Bertz CT molecular complexity index is 196. The molecule has 0 radical (unpaired) electrons. The number of carbonyl (C=O) groups excluding carboxylic acids is 1. The fraction of sp³-hybridized carbons (Fsp3) is 0.923. The van der Waals surface area contributed by atoms with Crippen molar-refractivity contribution in [1.82, 2.24) is 10.2 Å². The van der Waals surface area contributed by atoms with Crippen LogP contribution in [0.5, 0.6) is 0 Å². The molecular formula is C13H26N2O. The van der Waals surface area contributed by atoms with Gasteiger partial charge in [-0.1, -0.05) is 26.7 Å². The zero-order valence-electron chi connectivity index (χ0n) is 10.8. The van der Waals surface area contributed by atoms with Gasteiger partial charge in [0, 0.05) is 25.6 Å². The van der Waals surface area contributed by atoms with Crippen LogP contribution in [0, 0.1) is 0 Å². The maximum Gasteiger partial charge on any atom is 0.222 e. The summed E-state index contributed by atoms with van der Waals surface area (Å²) in [5.41, 5.74) is 0. The highest BCUT2D eigenvalue weighted by atomic mass is 16.2. The summed E-state index contributed by atoms with van der Waals surface area (Å²) in [7, 11) is 0. The molecule has 3 nitrogen and oxygen atoms in total. The van der Waals surface area contributed by atoms with Crippen molar-refractivity contribution in [2.75, 3.05) is 19.6 Å². The summed E-state index contributed by atoms with van der Waals surface area (Å²) >= 11 is 0. The van der Waals surface area contributed by atoms with Crippen molar-refractivity contribution in [2.45, 2.75) is 58.4 Å². The summed E-state index contributed by atoms with van der Waals surface area (Å²) in [5, 5.41) is 3.35. The van der Waals surface area contributed by atoms with Crippen molar-refractivity contribution in [3.05, 3.63) is 0 Å². The molecule has 16 heavy (non-hydrogen) atoms. The highest BCUT2D eigenvalue weighted by molar-refractivity contribution is 5.76. The van der Waals surface area contributed by atoms with Gasteiger partial charge in [0.25, 0.3) is 0 Å². The largest absolute Gasteiger partial charge is 0.343 e. The molecule has 0 aromatic heterocycles. The molecule has 0 saturated carbocycles. The fourth-order valence-corrected chi connectivity index (χ4v) is 2.11. The van der Waals surface area contributed by atoms with E-state index in [4.69, 9.17) is 0 Å². The molecule has 1 fully saturated rings. The summed E-state index contributed by atoms with van der Waals surface area (Å²) in [5.74, 6) is 0.354. The van der Waals surface area contributed by atoms with Gasteiger partial charge in [0.15, 0.2) is 0 Å². The van der Waals surface area contributed by atoms with Crippen molar-refractivity contribution in [1.29, 1.82) is 0 Å². The van der Waals surface area contributed by atoms with Gasteiger partial charge in [0.2, 0.25) is 5.91 Å². The fourth-order valence-electron chi connectivity index (χ4n) is 2.11. The van der Waals surface area contributed by atoms with E-state index in [0.29, 0.717) is 18.4 Å². The molecule has 94 valence electrons. The Morgan fingerprint density at radius 1 is 1.19 bits per heavy atom. The molecule has 0 aromatic carbocycles. The molecule has 3 heteroatoms. The molecule has 1 saturated heterocycles. The number of nitrogens with zero attached hydrogens (tertiary/aromatic N) is 1. The zero-order chi connectivity index (χ0) is 11.8. The normalized spacial score (nSPS) is 17.6. The van der Waals surface area contributed by atoms with Crippen LogP contribution in [0.25, 0.3) is 0 Å². The Balaban J connectivity index is 2.13. The average Bonchev–Trinajstić information content (AvgIpc) is 2.52. The van der Waals surface area contributed by atoms with Gasteiger partial charge in [-0.05, 0) is 25.8 Å². The summed E-state index contributed by atoms with van der Waals surface area (Å²) in [6, 6.07) is 0.522. The second kappa shape index (κ2) is 7.66. The standard InChI is InChI=1S/C13H26N2O/c1-12(2)14-9-7-8-13(16)15-10-5-3-4-6-11-15/h12,14H,3-11H2,1-2H3. The molecule has 1 N–H and O–H groups in total. The molecule has 0 bridgehead atoms. The monoisotopic (exact) mass is 226 g/mol. The third kappa shape index (κ3) is 5.50. The van der Waals surface area contributed by atoms with Crippen molar-refractivity contribution in [3.8, 4) is 0 Å². The number of hydrogen-bond donors (Lipinski definition) is 1. The number of rotatable bonds is 5. The maximum absolute atomic E-state index is 11.9. The highest BCUT2D eigenvalue weighted by Crippen LogP contribution is 2.11. The molecule has 1 aliphatic rings. The Labute approximate surface area is 99.6 Å². The summed E-state index contributed by atoms with van der Waals surface area (Å²) < 4.78 is 0. The van der Waals surface area contributed by atoms with Gasteiger partial charge in [0.1, 0.15) is 0 Å². The first-order chi connectivity index (χ1) is 7.70. The predicted molar refractivity (Wildman–Crippen MR) is 67.4 cm³/mol. The van der Waals surface area contributed by atoms with Gasteiger partial charge in [0.05, 0.1) is 0 Å². The van der Waals surface area contributed by atoms with Gasteiger partial charge in [-0.15, -0.1) is 0 Å². The third-order valence-corrected chi connectivity index (χ3v) is 3.08. The van der Waals surface area contributed by atoms with E-state index in [9.17, 15) is 4.79 Å². The van der Waals surface area contributed by atoms with Crippen LogP contribution in [-0.4, -0.2) is 36.5 Å². The first-order valence-corrected chi connectivity index (χ1v) is 6.71. The number of nitrogens with one attached hydrogen (secondary N) is 1. The topological polar surface area (TPSA) is 32.3 Å². The molecule has 0 unspecified atom stereocenters. The first kappa shape index (κ1) is 13.5. The lowest BCUT2D eigenvalue weighted by molar-refractivity contribution is -0.131. The lowest BCUT2D eigenvalue weighted by Gasteiger charge is -2.20. The van der Waals surface area contributed by atoms with Crippen LogP contribution in [0.2, 0.25) is 0 Å². The van der Waals surface area contributed by atoms with E-state index in [1.807, 2.05) is 0 Å². The van der Waals surface area contributed by atoms with Crippen LogP contribution in [0.15, 0.2) is 0 Å². The van der Waals surface area contributed by atoms with Crippen molar-refractivity contribution in [3.63, 3.8) is 0 Å². The van der Waals surface area contributed by atoms with Crippen LogP contribution in [0.4, 0.5) is 0 Å². The molecule has 0 spiro atoms. The average molecular weight is 226 g/mol. The van der Waals surface area contributed by atoms with Gasteiger partial charge in [-0.25, -0.2) is 0 Å². The van der Waals surface area contributed by atoms with Crippen molar-refractivity contribution >= 4 is 5.91 Å². The van der Waals surface area contributed by atoms with Crippen LogP contribution in [-0.2, 0) is 4.79 Å². The molecule has 1 amide bonds. The van der Waals surface area contributed by atoms with Crippen LogP contribution in [0.1, 0.15) is 52.4 Å². The minimum atomic E-state index is 0.354. The molecule has 1 heterocycles. The summed E-state index contributed by atoms with van der Waals surface area (Å²) in [4.78, 5) is 14.0. The van der Waals surface area contributed by atoms with Crippen molar-refractivity contribution < 1.29 is 4.79 Å². The van der Waals surface area contributed by atoms with E-state index in [0.717, 1.165) is 26.1 Å². The number of amides is 1. The minimum Gasteiger partial charge on any atom is -0.343 e. The number of likely N-dealkylation sites (tertiary alicyclic amines) is 1. The van der Waals surface area contributed by atoms with E-state index in [1.54, 1.807) is 0 Å². The van der Waals surface area contributed by atoms with Gasteiger partial charge < -0.3 is 10.2 Å². The first-order valence-electron chi connectivity index (χ1n) is 6.71. The van der Waals surface area contributed by atoms with E-state index in [1.165, 1.54) is 25.7 Å². The second-order valence-electron chi connectivity index (χ2n) is 5.01. The Morgan fingerprint density at radius 3 is 2.38 bits per heavy atom. The molecule has 1 aliphatic heterocycles. The quantitative estimate of drug-likeness (QED) is 0.729. The van der Waals surface area contributed by atoms with Gasteiger partial charge >= 0.3 is 0 Å². The smallest absolute Gasteiger partial charge is 0.222 e. The predicted octanol–water partition coefficient (Wildman–Crippen LogP) is 2.17. The van der Waals surface area contributed by atoms with Crippen molar-refractivity contribution in [2.24, 2.45) is 0 Å². The number of hydrogen-bond acceptors (Lipinski definition) is 2. The minimum absolute atomic E-state index is 0.354. The molecule has 0 aromatic rings.